The molecule has 0 radical (unpaired) electrons. The van der Waals surface area contributed by atoms with E-state index in [-0.39, 0.29) is 18.7 Å². The SMILES string of the molecule is CC/C(=C(/c1ccc(CCCN(C/C=C/C(=O)N(C)C)C(=O)O)cc1)c1ccc2c(cnn2C2CCCCO2)c1)c1ccccc1. The van der Waals surface area contributed by atoms with Gasteiger partial charge in [-0.15, -0.1) is 0 Å². The molecule has 0 spiro atoms. The number of fused-ring (bicyclic) bond motifs is 1. The van der Waals surface area contributed by atoms with E-state index in [0.29, 0.717) is 13.0 Å². The molecule has 8 heteroatoms. The normalized spacial score (nSPS) is 15.6. The summed E-state index contributed by atoms with van der Waals surface area (Å²) < 4.78 is 8.06. The molecular weight excluding hydrogens is 576 g/mol. The van der Waals surface area contributed by atoms with Gasteiger partial charge >= 0.3 is 6.09 Å². The molecule has 4 aromatic rings. The number of nitrogens with zero attached hydrogens (tertiary/aromatic N) is 4. The second-order valence-corrected chi connectivity index (χ2v) is 11.9. The zero-order valence-corrected chi connectivity index (χ0v) is 27.1. The van der Waals surface area contributed by atoms with E-state index in [9.17, 15) is 14.7 Å². The molecule has 1 atom stereocenters. The van der Waals surface area contributed by atoms with Gasteiger partial charge in [0.05, 0.1) is 11.7 Å². The van der Waals surface area contributed by atoms with Crippen LogP contribution < -0.4 is 0 Å². The Morgan fingerprint density at radius 1 is 1.00 bits per heavy atom. The molecule has 1 aliphatic rings. The highest BCUT2D eigenvalue weighted by Crippen LogP contribution is 2.36. The van der Waals surface area contributed by atoms with Gasteiger partial charge in [-0.1, -0.05) is 73.7 Å². The fourth-order valence-electron chi connectivity index (χ4n) is 6.04. The van der Waals surface area contributed by atoms with Crippen LogP contribution >= 0.6 is 0 Å². The lowest BCUT2D eigenvalue weighted by Gasteiger charge is -2.23. The van der Waals surface area contributed by atoms with Crippen LogP contribution in [0.25, 0.3) is 22.0 Å². The molecule has 2 heterocycles. The number of likely N-dealkylation sites (N-methyl/N-ethyl adjacent to an activating group) is 1. The van der Waals surface area contributed by atoms with E-state index in [1.807, 2.05) is 16.9 Å². The number of aryl methyl sites for hydroxylation is 1. The van der Waals surface area contributed by atoms with Gasteiger partial charge in [0.15, 0.2) is 6.23 Å². The van der Waals surface area contributed by atoms with Crippen LogP contribution in [0.15, 0.2) is 91.1 Å². The number of carbonyl (C=O) groups excluding carboxylic acids is 1. The number of ether oxygens (including phenoxy) is 1. The maximum atomic E-state index is 11.8. The fourth-order valence-corrected chi connectivity index (χ4v) is 6.04. The number of carboxylic acid groups (broad SMARTS) is 1. The van der Waals surface area contributed by atoms with Crippen molar-refractivity contribution in [3.8, 4) is 0 Å². The summed E-state index contributed by atoms with van der Waals surface area (Å²) in [7, 11) is 3.33. The number of rotatable bonds is 12. The Labute approximate surface area is 271 Å². The van der Waals surface area contributed by atoms with Gasteiger partial charge in [0.2, 0.25) is 5.91 Å². The van der Waals surface area contributed by atoms with E-state index in [1.54, 1.807) is 20.2 Å². The van der Waals surface area contributed by atoms with Crippen molar-refractivity contribution in [1.29, 1.82) is 0 Å². The van der Waals surface area contributed by atoms with Gasteiger partial charge < -0.3 is 19.6 Å². The maximum Gasteiger partial charge on any atom is 0.407 e. The molecule has 1 fully saturated rings. The molecule has 1 aliphatic heterocycles. The Morgan fingerprint density at radius 3 is 2.43 bits per heavy atom. The highest BCUT2D eigenvalue weighted by atomic mass is 16.5. The van der Waals surface area contributed by atoms with Crippen molar-refractivity contribution in [2.24, 2.45) is 0 Å². The summed E-state index contributed by atoms with van der Waals surface area (Å²) in [6.07, 6.45) is 9.48. The van der Waals surface area contributed by atoms with Crippen molar-refractivity contribution in [3.05, 3.63) is 113 Å². The fraction of sp³-hybridized carbons (Fsp3) is 0.342. The molecule has 240 valence electrons. The number of carbonyl (C=O) groups is 2. The molecule has 3 aromatic carbocycles. The Hall–Kier alpha value is -4.69. The van der Waals surface area contributed by atoms with Crippen molar-refractivity contribution in [3.63, 3.8) is 0 Å². The van der Waals surface area contributed by atoms with Crippen molar-refractivity contribution in [2.45, 2.75) is 51.7 Å². The van der Waals surface area contributed by atoms with Crippen molar-refractivity contribution >= 4 is 34.0 Å². The largest absolute Gasteiger partial charge is 0.465 e. The number of aromatic nitrogens is 2. The molecule has 1 unspecified atom stereocenters. The van der Waals surface area contributed by atoms with Crippen LogP contribution in [0.1, 0.15) is 67.5 Å². The summed E-state index contributed by atoms with van der Waals surface area (Å²) in [5.74, 6) is -0.165. The van der Waals surface area contributed by atoms with Crippen molar-refractivity contribution in [1.82, 2.24) is 19.6 Å². The first-order chi connectivity index (χ1) is 22.4. The third kappa shape index (κ3) is 7.93. The second-order valence-electron chi connectivity index (χ2n) is 11.9. The molecule has 1 aromatic heterocycles. The lowest BCUT2D eigenvalue weighted by Crippen LogP contribution is -2.31. The molecular formula is C38H44N4O4. The van der Waals surface area contributed by atoms with E-state index in [2.05, 4.69) is 73.7 Å². The first kappa shape index (κ1) is 32.7. The molecule has 0 saturated carbocycles. The van der Waals surface area contributed by atoms with Crippen LogP contribution in [-0.4, -0.2) is 70.5 Å². The van der Waals surface area contributed by atoms with Gasteiger partial charge in [0.25, 0.3) is 0 Å². The number of hydrogen-bond donors (Lipinski definition) is 1. The van der Waals surface area contributed by atoms with Gasteiger partial charge in [0, 0.05) is 45.3 Å². The van der Waals surface area contributed by atoms with Gasteiger partial charge in [-0.05, 0) is 84.1 Å². The zero-order valence-electron chi connectivity index (χ0n) is 27.1. The second kappa shape index (κ2) is 15.5. The average Bonchev–Trinajstić information content (AvgIpc) is 3.51. The lowest BCUT2D eigenvalue weighted by atomic mass is 9.87. The number of amides is 2. The van der Waals surface area contributed by atoms with Gasteiger partial charge in [-0.2, -0.15) is 5.10 Å². The third-order valence-electron chi connectivity index (χ3n) is 8.52. The number of allylic oxidation sites excluding steroid dienone is 1. The van der Waals surface area contributed by atoms with Crippen LogP contribution in [0, 0.1) is 0 Å². The number of benzene rings is 3. The van der Waals surface area contributed by atoms with E-state index in [4.69, 9.17) is 9.84 Å². The van der Waals surface area contributed by atoms with E-state index in [0.717, 1.165) is 66.3 Å². The predicted molar refractivity (Wildman–Crippen MR) is 183 cm³/mol. The van der Waals surface area contributed by atoms with E-state index >= 15 is 0 Å². The zero-order chi connectivity index (χ0) is 32.5. The minimum Gasteiger partial charge on any atom is -0.465 e. The van der Waals surface area contributed by atoms with Crippen LogP contribution in [0.5, 0.6) is 0 Å². The summed E-state index contributed by atoms with van der Waals surface area (Å²) in [6, 6.07) is 25.8. The lowest BCUT2D eigenvalue weighted by molar-refractivity contribution is -0.123. The Bertz CT molecular complexity index is 1680. The van der Waals surface area contributed by atoms with Gasteiger partial charge in [-0.25, -0.2) is 9.48 Å². The first-order valence-electron chi connectivity index (χ1n) is 16.2. The summed E-state index contributed by atoms with van der Waals surface area (Å²) in [4.78, 5) is 26.3. The monoisotopic (exact) mass is 620 g/mol. The highest BCUT2D eigenvalue weighted by Gasteiger charge is 2.20. The van der Waals surface area contributed by atoms with Crippen LogP contribution in [0.2, 0.25) is 0 Å². The smallest absolute Gasteiger partial charge is 0.407 e. The number of hydrogen-bond acceptors (Lipinski definition) is 4. The topological polar surface area (TPSA) is 87.9 Å². The van der Waals surface area contributed by atoms with Crippen LogP contribution in [0.4, 0.5) is 4.79 Å². The van der Waals surface area contributed by atoms with E-state index < -0.39 is 6.09 Å². The molecule has 46 heavy (non-hydrogen) atoms. The van der Waals surface area contributed by atoms with Crippen molar-refractivity contribution in [2.75, 3.05) is 33.8 Å². The third-order valence-corrected chi connectivity index (χ3v) is 8.52. The van der Waals surface area contributed by atoms with Crippen LogP contribution in [-0.2, 0) is 16.0 Å². The molecule has 1 N–H and O–H groups in total. The summed E-state index contributed by atoms with van der Waals surface area (Å²) >= 11 is 0. The summed E-state index contributed by atoms with van der Waals surface area (Å²) in [6.45, 7) is 3.54. The minimum atomic E-state index is -0.992. The minimum absolute atomic E-state index is 0.0125. The average molecular weight is 621 g/mol. The Morgan fingerprint density at radius 2 is 1.76 bits per heavy atom. The molecule has 0 bridgehead atoms. The summed E-state index contributed by atoms with van der Waals surface area (Å²) in [5.41, 5.74) is 8.17. The molecule has 5 rings (SSSR count). The Kier molecular flexibility index (Phi) is 11.0. The van der Waals surface area contributed by atoms with E-state index in [1.165, 1.54) is 32.6 Å². The molecule has 2 amide bonds. The quantitative estimate of drug-likeness (QED) is 0.130. The Balaban J connectivity index is 1.38. The van der Waals surface area contributed by atoms with Crippen molar-refractivity contribution < 1.29 is 19.4 Å². The summed E-state index contributed by atoms with van der Waals surface area (Å²) in [5, 5.41) is 15.4. The predicted octanol–water partition coefficient (Wildman–Crippen LogP) is 7.66. The molecule has 0 aliphatic carbocycles. The first-order valence-corrected chi connectivity index (χ1v) is 16.2. The van der Waals surface area contributed by atoms with Crippen LogP contribution in [0.3, 0.4) is 0 Å². The van der Waals surface area contributed by atoms with Gasteiger partial charge in [0.1, 0.15) is 0 Å². The highest BCUT2D eigenvalue weighted by molar-refractivity contribution is 6.00. The maximum absolute atomic E-state index is 11.8. The molecule has 8 nitrogen and oxygen atoms in total. The molecule has 1 saturated heterocycles. The van der Waals surface area contributed by atoms with Gasteiger partial charge in [-0.3, -0.25) is 4.79 Å². The standard InChI is InChI=1S/C38H44N4O4/c1-4-33(29-13-6-5-7-14-29)37(31-21-22-34-32(26-31)27-39-42(34)36-16-8-9-25-46-36)30-19-17-28(18-20-30)12-10-23-41(38(44)45)24-11-15-35(43)40(2)3/h5-7,11,13-15,17-22,26-27,36H,4,8-10,12,16,23-25H2,1-3H3,(H,44,45)/b15-11+,37-33+.